The second-order valence-corrected chi connectivity index (χ2v) is 17.9. The van der Waals surface area contributed by atoms with Crippen LogP contribution in [0.5, 0.6) is 0 Å². The van der Waals surface area contributed by atoms with Gasteiger partial charge in [-0.15, -0.1) is 6.42 Å². The SMILES string of the molecule is C#CC1(COC(=O)CCCCC(=O)OCC2(CC)COC3(CC(C)(C)N(C)C(C)(C)C3)OC2)COC2(CC(C)(C)N(C)C(C)(C)C2)OC1. The summed E-state index contributed by atoms with van der Waals surface area (Å²) in [6.45, 7) is 21.6. The average Bonchev–Trinajstić information content (AvgIpc) is 3.00. The lowest BCUT2D eigenvalue weighted by atomic mass is 9.75. The molecule has 4 aliphatic rings. The number of piperidine rings is 2. The van der Waals surface area contributed by atoms with Gasteiger partial charge in [0.1, 0.15) is 18.6 Å². The smallest absolute Gasteiger partial charge is 0.305 e. The molecule has 2 spiro atoms. The summed E-state index contributed by atoms with van der Waals surface area (Å²) < 4.78 is 37.1. The first-order valence-electron chi connectivity index (χ1n) is 17.9. The van der Waals surface area contributed by atoms with Crippen LogP contribution in [-0.4, -0.2) is 109 Å². The highest BCUT2D eigenvalue weighted by Gasteiger charge is 2.57. The fourth-order valence-corrected chi connectivity index (χ4v) is 8.29. The highest BCUT2D eigenvalue weighted by atomic mass is 16.7. The third kappa shape index (κ3) is 8.41. The molecule has 274 valence electrons. The molecule has 0 aliphatic carbocycles. The van der Waals surface area contributed by atoms with Crippen molar-refractivity contribution >= 4 is 11.9 Å². The molecule has 0 aromatic rings. The Morgan fingerprint density at radius 1 is 0.646 bits per heavy atom. The van der Waals surface area contributed by atoms with Gasteiger partial charge in [-0.1, -0.05) is 12.8 Å². The number of ether oxygens (including phenoxy) is 6. The number of hydrogen-bond donors (Lipinski definition) is 0. The molecule has 4 heterocycles. The average molecular weight is 677 g/mol. The Balaban J connectivity index is 1.15. The Labute approximate surface area is 290 Å². The Hall–Kier alpha value is -1.74. The minimum Gasteiger partial charge on any atom is -0.465 e. The molecule has 48 heavy (non-hydrogen) atoms. The first-order valence-corrected chi connectivity index (χ1v) is 17.9. The third-order valence-electron chi connectivity index (χ3n) is 12.1. The number of nitrogens with zero attached hydrogens (tertiary/aromatic N) is 2. The lowest BCUT2D eigenvalue weighted by Crippen LogP contribution is -2.67. The molecular weight excluding hydrogens is 612 g/mol. The zero-order valence-electron chi connectivity index (χ0n) is 31.8. The number of carbonyl (C=O) groups excluding carboxylic acids is 2. The van der Waals surface area contributed by atoms with Crippen LogP contribution in [0.15, 0.2) is 0 Å². The predicted molar refractivity (Wildman–Crippen MR) is 184 cm³/mol. The molecule has 0 unspecified atom stereocenters. The molecule has 4 rings (SSSR count). The summed E-state index contributed by atoms with van der Waals surface area (Å²) in [6, 6.07) is 0. The van der Waals surface area contributed by atoms with E-state index in [4.69, 9.17) is 34.8 Å². The molecule has 0 atom stereocenters. The standard InChI is InChI=1S/C38H64N2O8/c1-13-35(25-45-37(46-26-35)19-31(3,4)39(11)32(5,6)20-37)23-43-29(41)17-15-16-18-30(42)44-24-36(14-2)27-47-38(48-28-36)21-33(7,8)40(12)34(9,10)22-38/h1H,14-28H2,2-12H3. The molecule has 4 aliphatic heterocycles. The van der Waals surface area contributed by atoms with Gasteiger partial charge in [0, 0.05) is 60.7 Å². The molecule has 4 fully saturated rings. The number of rotatable bonds is 10. The maximum absolute atomic E-state index is 12.7. The molecule has 0 bridgehead atoms. The third-order valence-corrected chi connectivity index (χ3v) is 12.1. The van der Waals surface area contributed by atoms with Crippen LogP contribution >= 0.6 is 0 Å². The zero-order valence-corrected chi connectivity index (χ0v) is 31.8. The molecule has 0 N–H and O–H groups in total. The van der Waals surface area contributed by atoms with Crippen LogP contribution in [0.3, 0.4) is 0 Å². The van der Waals surface area contributed by atoms with Crippen molar-refractivity contribution in [1.29, 1.82) is 0 Å². The lowest BCUT2D eigenvalue weighted by molar-refractivity contribution is -0.344. The minimum absolute atomic E-state index is 0.0311. The van der Waals surface area contributed by atoms with Crippen molar-refractivity contribution in [3.05, 3.63) is 0 Å². The molecular formula is C38H64N2O8. The van der Waals surface area contributed by atoms with Crippen LogP contribution in [0.1, 0.15) is 120 Å². The summed E-state index contributed by atoms with van der Waals surface area (Å²) in [4.78, 5) is 30.0. The predicted octanol–water partition coefficient (Wildman–Crippen LogP) is 5.70. The Bertz CT molecular complexity index is 1160. The van der Waals surface area contributed by atoms with Gasteiger partial charge in [0.2, 0.25) is 0 Å². The largest absolute Gasteiger partial charge is 0.465 e. The zero-order chi connectivity index (χ0) is 35.9. The van der Waals surface area contributed by atoms with Gasteiger partial charge in [0.05, 0.1) is 31.8 Å². The number of hydrogen-bond acceptors (Lipinski definition) is 10. The first kappa shape index (κ1) is 39.1. The summed E-state index contributed by atoms with van der Waals surface area (Å²) in [7, 11) is 4.30. The Kier molecular flexibility index (Phi) is 11.2. The van der Waals surface area contributed by atoms with Crippen LogP contribution < -0.4 is 0 Å². The van der Waals surface area contributed by atoms with E-state index in [1.807, 2.05) is 0 Å². The van der Waals surface area contributed by atoms with Crippen molar-refractivity contribution in [1.82, 2.24) is 9.80 Å². The van der Waals surface area contributed by atoms with Gasteiger partial charge >= 0.3 is 11.9 Å². The summed E-state index contributed by atoms with van der Waals surface area (Å²) in [6.07, 6.45) is 11.2. The van der Waals surface area contributed by atoms with Crippen LogP contribution in [0.4, 0.5) is 0 Å². The van der Waals surface area contributed by atoms with E-state index in [9.17, 15) is 9.59 Å². The van der Waals surface area contributed by atoms with Crippen LogP contribution in [0.25, 0.3) is 0 Å². The van der Waals surface area contributed by atoms with Gasteiger partial charge in [0.15, 0.2) is 11.6 Å². The fourth-order valence-electron chi connectivity index (χ4n) is 8.29. The van der Waals surface area contributed by atoms with E-state index >= 15 is 0 Å². The van der Waals surface area contributed by atoms with Crippen molar-refractivity contribution < 1.29 is 38.0 Å². The fraction of sp³-hybridized carbons (Fsp3) is 0.895. The summed E-state index contributed by atoms with van der Waals surface area (Å²) in [5, 5.41) is 0. The first-order chi connectivity index (χ1) is 22.1. The van der Waals surface area contributed by atoms with E-state index in [0.717, 1.165) is 32.1 Å². The van der Waals surface area contributed by atoms with E-state index in [-0.39, 0.29) is 78.8 Å². The van der Waals surface area contributed by atoms with Gasteiger partial charge in [-0.05, 0) is 88.7 Å². The second-order valence-electron chi connectivity index (χ2n) is 17.9. The van der Waals surface area contributed by atoms with Crippen LogP contribution in [0.2, 0.25) is 0 Å². The Morgan fingerprint density at radius 2 is 1.00 bits per heavy atom. The minimum atomic E-state index is -0.830. The van der Waals surface area contributed by atoms with Gasteiger partial charge < -0.3 is 28.4 Å². The molecule has 10 heteroatoms. The van der Waals surface area contributed by atoms with E-state index in [1.54, 1.807) is 0 Å². The topological polar surface area (TPSA) is 96.0 Å². The maximum Gasteiger partial charge on any atom is 0.305 e. The van der Waals surface area contributed by atoms with Gasteiger partial charge in [-0.3, -0.25) is 19.4 Å². The maximum atomic E-state index is 12.7. The molecule has 4 saturated heterocycles. The summed E-state index contributed by atoms with van der Waals surface area (Å²) in [5.74, 6) is 0.809. The van der Waals surface area contributed by atoms with Crippen LogP contribution in [0, 0.1) is 23.2 Å². The number of terminal acetylenes is 1. The summed E-state index contributed by atoms with van der Waals surface area (Å²) >= 11 is 0. The van der Waals surface area contributed by atoms with E-state index in [2.05, 4.69) is 92.1 Å². The Morgan fingerprint density at radius 3 is 1.35 bits per heavy atom. The van der Waals surface area contributed by atoms with Gasteiger partial charge in [-0.25, -0.2) is 0 Å². The van der Waals surface area contributed by atoms with Gasteiger partial charge in [-0.2, -0.15) is 0 Å². The molecule has 0 amide bonds. The summed E-state index contributed by atoms with van der Waals surface area (Å²) in [5.41, 5.74) is -1.57. The number of likely N-dealkylation sites (tertiary alicyclic amines) is 2. The highest BCUT2D eigenvalue weighted by molar-refractivity contribution is 5.70. The van der Waals surface area contributed by atoms with Crippen molar-refractivity contribution in [2.45, 2.75) is 154 Å². The van der Waals surface area contributed by atoms with Crippen molar-refractivity contribution in [2.75, 3.05) is 53.7 Å². The molecule has 0 aromatic carbocycles. The van der Waals surface area contributed by atoms with E-state index < -0.39 is 17.0 Å². The van der Waals surface area contributed by atoms with Crippen molar-refractivity contribution in [3.8, 4) is 12.3 Å². The van der Waals surface area contributed by atoms with E-state index in [0.29, 0.717) is 26.1 Å². The lowest BCUT2D eigenvalue weighted by Gasteiger charge is -2.59. The van der Waals surface area contributed by atoms with E-state index in [1.165, 1.54) is 0 Å². The molecule has 0 aromatic heterocycles. The number of esters is 2. The second kappa shape index (κ2) is 13.8. The van der Waals surface area contributed by atoms with Crippen molar-refractivity contribution in [2.24, 2.45) is 10.8 Å². The molecule has 0 radical (unpaired) electrons. The normalized spacial score (nSPS) is 28.0. The van der Waals surface area contributed by atoms with Crippen molar-refractivity contribution in [3.63, 3.8) is 0 Å². The van der Waals surface area contributed by atoms with Crippen LogP contribution in [-0.2, 0) is 38.0 Å². The number of carbonyl (C=O) groups is 2. The molecule has 10 nitrogen and oxygen atoms in total. The monoisotopic (exact) mass is 676 g/mol. The number of unbranched alkanes of at least 4 members (excludes halogenated alkanes) is 1. The highest BCUT2D eigenvalue weighted by Crippen LogP contribution is 2.49. The molecule has 0 saturated carbocycles. The van der Waals surface area contributed by atoms with Gasteiger partial charge in [0.25, 0.3) is 0 Å². The quantitative estimate of drug-likeness (QED) is 0.163.